The molecule has 1 heterocycles. The minimum atomic E-state index is -0.533. The van der Waals surface area contributed by atoms with Crippen molar-refractivity contribution in [1.29, 1.82) is 0 Å². The molecule has 2 N–H and O–H groups in total. The van der Waals surface area contributed by atoms with Crippen LogP contribution in [-0.2, 0) is 4.79 Å². The van der Waals surface area contributed by atoms with E-state index in [9.17, 15) is 9.59 Å². The van der Waals surface area contributed by atoms with Crippen LogP contribution in [0.3, 0.4) is 0 Å². The molecule has 0 aromatic heterocycles. The first-order valence-electron chi connectivity index (χ1n) is 4.98. The highest BCUT2D eigenvalue weighted by atomic mass is 79.9. The number of carbonyl (C=O) groups is 2. The predicted octanol–water partition coefficient (Wildman–Crippen LogP) is 1.14. The fraction of sp³-hybridized carbons (Fsp3) is 0.273. The fourth-order valence-corrected chi connectivity index (χ4v) is 1.64. The summed E-state index contributed by atoms with van der Waals surface area (Å²) < 4.78 is 0.882. The van der Waals surface area contributed by atoms with Gasteiger partial charge in [-0.3, -0.25) is 9.59 Å². The second kappa shape index (κ2) is 6.14. The number of amides is 1. The van der Waals surface area contributed by atoms with Gasteiger partial charge in [0.15, 0.2) is 0 Å². The van der Waals surface area contributed by atoms with Crippen LogP contribution in [0.15, 0.2) is 28.7 Å². The Bertz CT molecular complexity index is 418. The summed E-state index contributed by atoms with van der Waals surface area (Å²) in [6.45, 7) is 1.47. The molecule has 0 atom stereocenters. The summed E-state index contributed by atoms with van der Waals surface area (Å²) in [6, 6.07) is 6.83. The summed E-state index contributed by atoms with van der Waals surface area (Å²) in [7, 11) is 0. The molecule has 4 nitrogen and oxygen atoms in total. The maximum Gasteiger partial charge on any atom is 0.292 e. The molecule has 0 aliphatic carbocycles. The van der Waals surface area contributed by atoms with Crippen molar-refractivity contribution in [3.8, 4) is 0 Å². The number of nitrogens with one attached hydrogen (secondary N) is 2. The molecule has 1 saturated heterocycles. The maximum absolute atomic E-state index is 11.7. The van der Waals surface area contributed by atoms with E-state index in [1.807, 2.05) is 0 Å². The minimum Gasteiger partial charge on any atom is -0.344 e. The molecule has 1 fully saturated rings. The van der Waals surface area contributed by atoms with E-state index in [0.29, 0.717) is 5.56 Å². The second-order valence-electron chi connectivity index (χ2n) is 3.66. The first-order valence-corrected chi connectivity index (χ1v) is 5.77. The van der Waals surface area contributed by atoms with E-state index in [1.165, 1.54) is 0 Å². The van der Waals surface area contributed by atoms with Gasteiger partial charge in [0.25, 0.3) is 5.91 Å². The van der Waals surface area contributed by atoms with Crippen LogP contribution in [0.4, 0.5) is 0 Å². The lowest BCUT2D eigenvalue weighted by atomic mass is 10.1. The van der Waals surface area contributed by atoms with Crippen LogP contribution in [0.1, 0.15) is 10.4 Å². The number of halogens is 2. The van der Waals surface area contributed by atoms with Crippen molar-refractivity contribution >= 4 is 40.0 Å². The van der Waals surface area contributed by atoms with Crippen LogP contribution >= 0.6 is 28.3 Å². The van der Waals surface area contributed by atoms with E-state index in [0.717, 1.165) is 17.6 Å². The van der Waals surface area contributed by atoms with E-state index in [4.69, 9.17) is 0 Å². The zero-order valence-electron chi connectivity index (χ0n) is 8.90. The molecule has 0 saturated carbocycles. The van der Waals surface area contributed by atoms with Gasteiger partial charge >= 0.3 is 0 Å². The Labute approximate surface area is 114 Å². The number of carbonyl (C=O) groups excluding carboxylic acids is 2. The van der Waals surface area contributed by atoms with Crippen LogP contribution < -0.4 is 10.6 Å². The molecule has 0 unspecified atom stereocenters. The first-order chi connectivity index (χ1) is 7.66. The van der Waals surface area contributed by atoms with Crippen LogP contribution in [0, 0.1) is 0 Å². The van der Waals surface area contributed by atoms with Gasteiger partial charge in [-0.05, 0) is 24.3 Å². The van der Waals surface area contributed by atoms with E-state index < -0.39 is 11.7 Å². The molecule has 0 spiro atoms. The van der Waals surface area contributed by atoms with Crippen molar-refractivity contribution in [3.05, 3.63) is 34.3 Å². The van der Waals surface area contributed by atoms with Crippen LogP contribution in [0.5, 0.6) is 0 Å². The van der Waals surface area contributed by atoms with Crippen molar-refractivity contribution in [3.63, 3.8) is 0 Å². The molecule has 17 heavy (non-hydrogen) atoms. The first kappa shape index (κ1) is 14.2. The van der Waals surface area contributed by atoms with E-state index in [2.05, 4.69) is 26.6 Å². The monoisotopic (exact) mass is 318 g/mol. The lowest BCUT2D eigenvalue weighted by Gasteiger charge is -2.27. The number of rotatable bonds is 3. The molecule has 0 bridgehead atoms. The third-order valence-electron chi connectivity index (χ3n) is 2.43. The molecule has 2 rings (SSSR count). The number of Topliss-reactive ketones (excluding diaryl/α,β-unsaturated/α-hetero) is 1. The van der Waals surface area contributed by atoms with Crippen molar-refractivity contribution in [2.45, 2.75) is 6.04 Å². The molecular formula is C11H12BrClN2O2. The number of hydrogen-bond acceptors (Lipinski definition) is 3. The zero-order chi connectivity index (χ0) is 11.5. The standard InChI is InChI=1S/C11H11BrN2O2.ClH/c12-8-3-1-7(2-4-8)10(15)11(16)14-9-5-13-6-9;/h1-4,9,13H,5-6H2,(H,14,16);1H. The predicted molar refractivity (Wildman–Crippen MR) is 70.5 cm³/mol. The number of ketones is 1. The van der Waals surface area contributed by atoms with Gasteiger partial charge in [0.2, 0.25) is 5.78 Å². The summed E-state index contributed by atoms with van der Waals surface area (Å²) in [5, 5.41) is 5.69. The SMILES string of the molecule is Cl.O=C(NC1CNC1)C(=O)c1ccc(Br)cc1. The Morgan fingerprint density at radius 3 is 2.29 bits per heavy atom. The molecule has 92 valence electrons. The third-order valence-corrected chi connectivity index (χ3v) is 2.96. The highest BCUT2D eigenvalue weighted by molar-refractivity contribution is 9.10. The van der Waals surface area contributed by atoms with E-state index >= 15 is 0 Å². The van der Waals surface area contributed by atoms with Crippen molar-refractivity contribution in [2.24, 2.45) is 0 Å². The molecule has 1 aliphatic rings. The Kier molecular flexibility index (Phi) is 5.11. The lowest BCUT2D eigenvalue weighted by molar-refractivity contribution is -0.117. The van der Waals surface area contributed by atoms with Gasteiger partial charge in [0.05, 0.1) is 6.04 Å². The highest BCUT2D eigenvalue weighted by Gasteiger charge is 2.23. The summed E-state index contributed by atoms with van der Waals surface area (Å²) in [4.78, 5) is 23.2. The average Bonchev–Trinajstić information content (AvgIpc) is 2.23. The highest BCUT2D eigenvalue weighted by Crippen LogP contribution is 2.11. The van der Waals surface area contributed by atoms with Gasteiger partial charge in [-0.2, -0.15) is 0 Å². The van der Waals surface area contributed by atoms with Crippen molar-refractivity contribution in [2.75, 3.05) is 13.1 Å². The molecule has 1 aliphatic heterocycles. The lowest BCUT2D eigenvalue weighted by Crippen LogP contribution is -2.58. The van der Waals surface area contributed by atoms with E-state index in [-0.39, 0.29) is 18.4 Å². The average molecular weight is 320 g/mol. The van der Waals surface area contributed by atoms with Crippen LogP contribution in [-0.4, -0.2) is 30.8 Å². The fourth-order valence-electron chi connectivity index (χ4n) is 1.37. The Hall–Kier alpha value is -0.910. The van der Waals surface area contributed by atoms with Crippen molar-refractivity contribution < 1.29 is 9.59 Å². The minimum absolute atomic E-state index is 0. The summed E-state index contributed by atoms with van der Waals surface area (Å²) in [5.74, 6) is -1.02. The normalized spacial score (nSPS) is 14.4. The Morgan fingerprint density at radius 1 is 1.24 bits per heavy atom. The van der Waals surface area contributed by atoms with Gasteiger partial charge in [0, 0.05) is 23.1 Å². The summed E-state index contributed by atoms with van der Waals surface area (Å²) in [6.07, 6.45) is 0. The quantitative estimate of drug-likeness (QED) is 0.649. The molecular weight excluding hydrogens is 307 g/mol. The molecule has 1 amide bonds. The van der Waals surface area contributed by atoms with Gasteiger partial charge in [-0.15, -0.1) is 12.4 Å². The Balaban J connectivity index is 0.00000144. The number of hydrogen-bond donors (Lipinski definition) is 2. The van der Waals surface area contributed by atoms with E-state index in [1.54, 1.807) is 24.3 Å². The van der Waals surface area contributed by atoms with Crippen molar-refractivity contribution in [1.82, 2.24) is 10.6 Å². The summed E-state index contributed by atoms with van der Waals surface area (Å²) >= 11 is 3.27. The second-order valence-corrected chi connectivity index (χ2v) is 4.58. The molecule has 6 heteroatoms. The largest absolute Gasteiger partial charge is 0.344 e. The van der Waals surface area contributed by atoms with Gasteiger partial charge in [0.1, 0.15) is 0 Å². The van der Waals surface area contributed by atoms with Gasteiger partial charge in [-0.25, -0.2) is 0 Å². The third kappa shape index (κ3) is 3.52. The maximum atomic E-state index is 11.7. The summed E-state index contributed by atoms with van der Waals surface area (Å²) in [5.41, 5.74) is 0.410. The molecule has 0 radical (unpaired) electrons. The molecule has 1 aromatic carbocycles. The van der Waals surface area contributed by atoms with Gasteiger partial charge < -0.3 is 10.6 Å². The smallest absolute Gasteiger partial charge is 0.292 e. The Morgan fingerprint density at radius 2 is 1.82 bits per heavy atom. The van der Waals surface area contributed by atoms with Crippen LogP contribution in [0.25, 0.3) is 0 Å². The van der Waals surface area contributed by atoms with Gasteiger partial charge in [-0.1, -0.05) is 15.9 Å². The zero-order valence-corrected chi connectivity index (χ0v) is 11.3. The number of benzene rings is 1. The van der Waals surface area contributed by atoms with Crippen LogP contribution in [0.2, 0.25) is 0 Å². The topological polar surface area (TPSA) is 58.2 Å². The molecule has 1 aromatic rings.